The number of benzene rings is 1. The maximum Gasteiger partial charge on any atom is 0.194 e. The molecule has 1 saturated heterocycles. The van der Waals surface area contributed by atoms with Gasteiger partial charge >= 0.3 is 0 Å². The van der Waals surface area contributed by atoms with Crippen LogP contribution in [0.1, 0.15) is 12.0 Å². The fourth-order valence-electron chi connectivity index (χ4n) is 3.35. The summed E-state index contributed by atoms with van der Waals surface area (Å²) in [6.07, 6.45) is 2.64. The molecule has 1 aromatic carbocycles. The standard InChI is InChI=1S/C19H18FN7O/c1-28-15-7-12(6-14(8-15)26-5-2-13(20)11-26)16-9-18(22)25-19(17(16)10-21)27-23-3-4-24-27/h3-4,6-9,13H,2,5,11H2,1H3,(H2,22,25)/t13-/m1/s1. The number of aromatic nitrogens is 4. The van der Waals surface area contributed by atoms with E-state index in [2.05, 4.69) is 21.3 Å². The van der Waals surface area contributed by atoms with Crippen LogP contribution in [0.2, 0.25) is 0 Å². The lowest BCUT2D eigenvalue weighted by atomic mass is 10.00. The molecule has 1 aliphatic heterocycles. The van der Waals surface area contributed by atoms with Crippen molar-refractivity contribution in [2.75, 3.05) is 30.8 Å². The van der Waals surface area contributed by atoms with Gasteiger partial charge in [0.25, 0.3) is 0 Å². The number of halogens is 1. The quantitative estimate of drug-likeness (QED) is 0.741. The van der Waals surface area contributed by atoms with Gasteiger partial charge in [-0.1, -0.05) is 0 Å². The number of alkyl halides is 1. The van der Waals surface area contributed by atoms with Crippen molar-refractivity contribution in [2.24, 2.45) is 0 Å². The molecule has 2 aromatic heterocycles. The lowest BCUT2D eigenvalue weighted by Gasteiger charge is -2.20. The molecule has 142 valence electrons. The van der Waals surface area contributed by atoms with Crippen LogP contribution in [0.25, 0.3) is 16.9 Å². The van der Waals surface area contributed by atoms with Crippen molar-refractivity contribution in [2.45, 2.75) is 12.6 Å². The average Bonchev–Trinajstić information content (AvgIpc) is 3.38. The number of nitriles is 1. The lowest BCUT2D eigenvalue weighted by molar-refractivity contribution is 0.364. The van der Waals surface area contributed by atoms with Crippen LogP contribution in [0.15, 0.2) is 36.7 Å². The van der Waals surface area contributed by atoms with Crippen LogP contribution in [-0.2, 0) is 0 Å². The molecule has 3 aromatic rings. The summed E-state index contributed by atoms with van der Waals surface area (Å²) in [5, 5.41) is 17.9. The summed E-state index contributed by atoms with van der Waals surface area (Å²) in [7, 11) is 1.57. The molecular weight excluding hydrogens is 361 g/mol. The summed E-state index contributed by atoms with van der Waals surface area (Å²) in [6, 6.07) is 9.37. The van der Waals surface area contributed by atoms with Crippen molar-refractivity contribution in [1.82, 2.24) is 20.0 Å². The fraction of sp³-hybridized carbons (Fsp3) is 0.263. The minimum Gasteiger partial charge on any atom is -0.497 e. The summed E-state index contributed by atoms with van der Waals surface area (Å²) in [5.74, 6) is 1.08. The van der Waals surface area contributed by atoms with Gasteiger partial charge in [0.05, 0.1) is 19.5 Å². The highest BCUT2D eigenvalue weighted by atomic mass is 19.1. The Hall–Kier alpha value is -3.67. The number of methoxy groups -OCH3 is 1. The largest absolute Gasteiger partial charge is 0.497 e. The number of nitrogens with zero attached hydrogens (tertiary/aromatic N) is 6. The van der Waals surface area contributed by atoms with Gasteiger partial charge in [0.2, 0.25) is 0 Å². The molecule has 28 heavy (non-hydrogen) atoms. The van der Waals surface area contributed by atoms with E-state index in [0.717, 1.165) is 11.3 Å². The molecule has 0 bridgehead atoms. The molecule has 1 aliphatic rings. The number of hydrogen-bond acceptors (Lipinski definition) is 7. The number of ether oxygens (including phenoxy) is 1. The van der Waals surface area contributed by atoms with E-state index in [1.54, 1.807) is 13.2 Å². The Morgan fingerprint density at radius 1 is 1.25 bits per heavy atom. The third-order valence-corrected chi connectivity index (χ3v) is 4.67. The number of nitrogen functional groups attached to an aromatic ring is 1. The monoisotopic (exact) mass is 379 g/mol. The molecule has 0 radical (unpaired) electrons. The molecule has 1 atom stereocenters. The number of anilines is 2. The van der Waals surface area contributed by atoms with Crippen molar-refractivity contribution in [3.8, 4) is 28.8 Å². The van der Waals surface area contributed by atoms with Gasteiger partial charge in [0.15, 0.2) is 5.82 Å². The average molecular weight is 379 g/mol. The first-order valence-electron chi connectivity index (χ1n) is 8.75. The van der Waals surface area contributed by atoms with E-state index < -0.39 is 6.17 Å². The highest BCUT2D eigenvalue weighted by Gasteiger charge is 2.24. The predicted octanol–water partition coefficient (Wildman–Crippen LogP) is 2.34. The van der Waals surface area contributed by atoms with Crippen LogP contribution in [0.4, 0.5) is 15.9 Å². The second-order valence-corrected chi connectivity index (χ2v) is 6.48. The molecule has 0 aliphatic carbocycles. The van der Waals surface area contributed by atoms with Gasteiger partial charge in [-0.2, -0.15) is 15.5 Å². The number of pyridine rings is 1. The molecule has 0 unspecified atom stereocenters. The molecule has 9 heteroatoms. The first-order valence-corrected chi connectivity index (χ1v) is 8.75. The molecule has 3 heterocycles. The Morgan fingerprint density at radius 2 is 2.04 bits per heavy atom. The third kappa shape index (κ3) is 3.20. The number of rotatable bonds is 4. The zero-order chi connectivity index (χ0) is 19.7. The summed E-state index contributed by atoms with van der Waals surface area (Å²) in [6.45, 7) is 0.957. The molecule has 1 fully saturated rings. The summed E-state index contributed by atoms with van der Waals surface area (Å²) in [4.78, 5) is 7.45. The van der Waals surface area contributed by atoms with Crippen LogP contribution < -0.4 is 15.4 Å². The smallest absolute Gasteiger partial charge is 0.194 e. The number of nitrogens with two attached hydrogens (primary N) is 1. The fourth-order valence-corrected chi connectivity index (χ4v) is 3.35. The second kappa shape index (κ2) is 7.15. The Kier molecular flexibility index (Phi) is 4.53. The maximum absolute atomic E-state index is 13.7. The van der Waals surface area contributed by atoms with Crippen LogP contribution in [0.3, 0.4) is 0 Å². The van der Waals surface area contributed by atoms with E-state index in [1.807, 2.05) is 23.1 Å². The van der Waals surface area contributed by atoms with E-state index >= 15 is 0 Å². The predicted molar refractivity (Wildman–Crippen MR) is 102 cm³/mol. The molecule has 4 rings (SSSR count). The van der Waals surface area contributed by atoms with Gasteiger partial charge < -0.3 is 15.4 Å². The molecule has 0 spiro atoms. The highest BCUT2D eigenvalue weighted by Crippen LogP contribution is 2.35. The van der Waals surface area contributed by atoms with Crippen LogP contribution in [0, 0.1) is 11.3 Å². The molecular formula is C19H18FN7O. The van der Waals surface area contributed by atoms with E-state index in [1.165, 1.54) is 17.2 Å². The van der Waals surface area contributed by atoms with Crippen LogP contribution >= 0.6 is 0 Å². The molecule has 0 amide bonds. The lowest BCUT2D eigenvalue weighted by Crippen LogP contribution is -2.20. The minimum atomic E-state index is -0.849. The molecule has 0 saturated carbocycles. The van der Waals surface area contributed by atoms with Crippen molar-refractivity contribution in [3.05, 3.63) is 42.2 Å². The van der Waals surface area contributed by atoms with Gasteiger partial charge in [-0.15, -0.1) is 4.80 Å². The first-order chi connectivity index (χ1) is 13.6. The van der Waals surface area contributed by atoms with Crippen molar-refractivity contribution < 1.29 is 9.13 Å². The Labute approximate surface area is 161 Å². The van der Waals surface area contributed by atoms with Gasteiger partial charge in [0, 0.05) is 30.4 Å². The van der Waals surface area contributed by atoms with Gasteiger partial charge in [0.1, 0.15) is 29.4 Å². The van der Waals surface area contributed by atoms with E-state index in [-0.39, 0.29) is 17.2 Å². The summed E-state index contributed by atoms with van der Waals surface area (Å²) < 4.78 is 19.1. The molecule has 2 N–H and O–H groups in total. The topological polar surface area (TPSA) is 106 Å². The Bertz CT molecular complexity index is 1050. The zero-order valence-electron chi connectivity index (χ0n) is 15.2. The van der Waals surface area contributed by atoms with E-state index in [0.29, 0.717) is 30.8 Å². The first kappa shape index (κ1) is 17.7. The van der Waals surface area contributed by atoms with Gasteiger partial charge in [-0.25, -0.2) is 9.37 Å². The maximum atomic E-state index is 13.7. The molecule has 8 nitrogen and oxygen atoms in total. The van der Waals surface area contributed by atoms with E-state index in [9.17, 15) is 9.65 Å². The van der Waals surface area contributed by atoms with Crippen molar-refractivity contribution in [3.63, 3.8) is 0 Å². The Balaban J connectivity index is 1.88. The van der Waals surface area contributed by atoms with E-state index in [4.69, 9.17) is 10.5 Å². The normalized spacial score (nSPS) is 16.2. The van der Waals surface area contributed by atoms with Gasteiger partial charge in [-0.3, -0.25) is 0 Å². The third-order valence-electron chi connectivity index (χ3n) is 4.67. The Morgan fingerprint density at radius 3 is 2.68 bits per heavy atom. The van der Waals surface area contributed by atoms with Gasteiger partial charge in [-0.05, 0) is 30.2 Å². The summed E-state index contributed by atoms with van der Waals surface area (Å²) >= 11 is 0. The van der Waals surface area contributed by atoms with Crippen LogP contribution in [0.5, 0.6) is 5.75 Å². The number of hydrogen-bond donors (Lipinski definition) is 1. The van der Waals surface area contributed by atoms with Crippen LogP contribution in [-0.4, -0.2) is 46.3 Å². The zero-order valence-corrected chi connectivity index (χ0v) is 15.2. The summed E-state index contributed by atoms with van der Waals surface area (Å²) in [5.41, 5.74) is 8.41. The highest BCUT2D eigenvalue weighted by molar-refractivity contribution is 5.79. The van der Waals surface area contributed by atoms with Crippen molar-refractivity contribution >= 4 is 11.5 Å². The van der Waals surface area contributed by atoms with Crippen molar-refractivity contribution in [1.29, 1.82) is 5.26 Å². The second-order valence-electron chi connectivity index (χ2n) is 6.48. The SMILES string of the molecule is COc1cc(-c2cc(N)nc(-n3nccn3)c2C#N)cc(N2CC[C@@H](F)C2)c1. The minimum absolute atomic E-state index is 0.232.